The van der Waals surface area contributed by atoms with Gasteiger partial charge in [0.25, 0.3) is 0 Å². The Morgan fingerprint density at radius 3 is 2.59 bits per heavy atom. The molecule has 0 saturated carbocycles. The van der Waals surface area contributed by atoms with E-state index in [2.05, 4.69) is 0 Å². The van der Waals surface area contributed by atoms with Crippen LogP contribution in [-0.4, -0.2) is 37.1 Å². The van der Waals surface area contributed by atoms with Crippen molar-refractivity contribution in [3.05, 3.63) is 28.0 Å². The number of hydrogen-bond acceptors (Lipinski definition) is 4. The smallest absolute Gasteiger partial charge is 0.167 e. The van der Waals surface area contributed by atoms with E-state index >= 15 is 0 Å². The zero-order chi connectivity index (χ0) is 12.8. The topological polar surface area (TPSA) is 37.4 Å². The quantitative estimate of drug-likeness (QED) is 0.442. The van der Waals surface area contributed by atoms with Crippen LogP contribution in [0.25, 0.3) is 6.08 Å². The molecule has 0 aromatic carbocycles. The highest BCUT2D eigenvalue weighted by Crippen LogP contribution is 2.15. The van der Waals surface area contributed by atoms with Crippen molar-refractivity contribution in [2.75, 3.05) is 20.6 Å². The molecular formula is C13H17NO2S. The molecule has 0 amide bonds. The zero-order valence-corrected chi connectivity index (χ0v) is 11.2. The first-order chi connectivity index (χ1) is 8.00. The lowest BCUT2D eigenvalue weighted by atomic mass is 10.0. The molecule has 0 saturated heterocycles. The first kappa shape index (κ1) is 13.8. The SMILES string of the molecule is CC(=O)/C(=C\c1cccs1)C(=O)CCN(C)C. The summed E-state index contributed by atoms with van der Waals surface area (Å²) in [7, 11) is 3.81. The number of hydrogen-bond donors (Lipinski definition) is 0. The first-order valence-electron chi connectivity index (χ1n) is 5.44. The number of allylic oxidation sites excluding steroid dienone is 1. The van der Waals surface area contributed by atoms with Gasteiger partial charge in [-0.1, -0.05) is 6.07 Å². The summed E-state index contributed by atoms with van der Waals surface area (Å²) in [5.41, 5.74) is 0.300. The van der Waals surface area contributed by atoms with Crippen LogP contribution in [0.4, 0.5) is 0 Å². The Labute approximate surface area is 106 Å². The van der Waals surface area contributed by atoms with Crippen LogP contribution in [0.15, 0.2) is 23.1 Å². The van der Waals surface area contributed by atoms with Crippen LogP contribution in [0.1, 0.15) is 18.2 Å². The number of carbonyl (C=O) groups excluding carboxylic acids is 2. The van der Waals surface area contributed by atoms with Crippen molar-refractivity contribution in [2.45, 2.75) is 13.3 Å². The molecular weight excluding hydrogens is 234 g/mol. The summed E-state index contributed by atoms with van der Waals surface area (Å²) < 4.78 is 0. The van der Waals surface area contributed by atoms with E-state index in [-0.39, 0.29) is 11.6 Å². The third kappa shape index (κ3) is 4.63. The Bertz CT molecular complexity index is 419. The fourth-order valence-electron chi connectivity index (χ4n) is 1.35. The van der Waals surface area contributed by atoms with Crippen LogP contribution < -0.4 is 0 Å². The minimum atomic E-state index is -0.165. The number of nitrogens with zero attached hydrogens (tertiary/aromatic N) is 1. The summed E-state index contributed by atoms with van der Waals surface area (Å²) in [6.45, 7) is 2.10. The molecule has 0 aliphatic rings. The fourth-order valence-corrected chi connectivity index (χ4v) is 2.01. The molecule has 0 unspecified atom stereocenters. The van der Waals surface area contributed by atoms with Gasteiger partial charge in [-0.2, -0.15) is 0 Å². The van der Waals surface area contributed by atoms with Crippen molar-refractivity contribution in [1.29, 1.82) is 0 Å². The molecule has 1 heterocycles. The first-order valence-corrected chi connectivity index (χ1v) is 6.32. The molecule has 4 heteroatoms. The summed E-state index contributed by atoms with van der Waals surface area (Å²) in [5, 5.41) is 1.92. The molecule has 0 aliphatic heterocycles. The predicted molar refractivity (Wildman–Crippen MR) is 71.2 cm³/mol. The van der Waals surface area contributed by atoms with E-state index in [4.69, 9.17) is 0 Å². The molecule has 1 aromatic heterocycles. The third-order valence-electron chi connectivity index (χ3n) is 2.30. The highest BCUT2D eigenvalue weighted by atomic mass is 32.1. The van der Waals surface area contributed by atoms with Crippen molar-refractivity contribution in [1.82, 2.24) is 4.90 Å². The second-order valence-electron chi connectivity index (χ2n) is 4.11. The Hall–Kier alpha value is -1.26. The van der Waals surface area contributed by atoms with Gasteiger partial charge in [-0.05, 0) is 38.5 Å². The molecule has 0 atom stereocenters. The van der Waals surface area contributed by atoms with Crippen LogP contribution in [0.2, 0.25) is 0 Å². The number of rotatable bonds is 6. The molecule has 0 radical (unpaired) electrons. The highest BCUT2D eigenvalue weighted by molar-refractivity contribution is 7.10. The van der Waals surface area contributed by atoms with Crippen LogP contribution in [0, 0.1) is 0 Å². The maximum atomic E-state index is 11.9. The fraction of sp³-hybridized carbons (Fsp3) is 0.385. The maximum absolute atomic E-state index is 11.9. The molecule has 17 heavy (non-hydrogen) atoms. The van der Waals surface area contributed by atoms with Crippen LogP contribution in [-0.2, 0) is 9.59 Å². The molecule has 1 aromatic rings. The number of ketones is 2. The second kappa shape index (κ2) is 6.47. The zero-order valence-electron chi connectivity index (χ0n) is 10.4. The van der Waals surface area contributed by atoms with Gasteiger partial charge in [-0.15, -0.1) is 11.3 Å². The number of carbonyl (C=O) groups is 2. The van der Waals surface area contributed by atoms with E-state index in [0.717, 1.165) is 4.88 Å². The standard InChI is InChI=1S/C13H17NO2S/c1-10(15)12(9-11-5-4-8-17-11)13(16)6-7-14(2)3/h4-5,8-9H,6-7H2,1-3H3/b12-9+. The number of Topliss-reactive ketones (excluding diaryl/α,β-unsaturated/α-hetero) is 2. The largest absolute Gasteiger partial charge is 0.309 e. The van der Waals surface area contributed by atoms with E-state index in [0.29, 0.717) is 18.5 Å². The van der Waals surface area contributed by atoms with Crippen molar-refractivity contribution in [3.8, 4) is 0 Å². The predicted octanol–water partition coefficient (Wildman–Crippen LogP) is 2.24. The Balaban J connectivity index is 2.79. The van der Waals surface area contributed by atoms with Gasteiger partial charge in [0.15, 0.2) is 11.6 Å². The lowest BCUT2D eigenvalue weighted by molar-refractivity contribution is -0.120. The van der Waals surface area contributed by atoms with Crippen LogP contribution >= 0.6 is 11.3 Å². The minimum Gasteiger partial charge on any atom is -0.309 e. The van der Waals surface area contributed by atoms with Crippen LogP contribution in [0.3, 0.4) is 0 Å². The molecule has 0 bridgehead atoms. The minimum absolute atomic E-state index is 0.0837. The third-order valence-corrected chi connectivity index (χ3v) is 3.11. The van der Waals surface area contributed by atoms with E-state index in [1.807, 2.05) is 36.5 Å². The van der Waals surface area contributed by atoms with E-state index in [1.165, 1.54) is 18.3 Å². The average Bonchev–Trinajstić information content (AvgIpc) is 2.74. The molecule has 0 spiro atoms. The van der Waals surface area contributed by atoms with Gasteiger partial charge in [0.2, 0.25) is 0 Å². The lowest BCUT2D eigenvalue weighted by Crippen LogP contribution is -2.19. The summed E-state index contributed by atoms with van der Waals surface area (Å²) in [6, 6.07) is 3.80. The average molecular weight is 251 g/mol. The van der Waals surface area contributed by atoms with Gasteiger partial charge in [0, 0.05) is 17.8 Å². The van der Waals surface area contributed by atoms with Crippen LogP contribution in [0.5, 0.6) is 0 Å². The Morgan fingerprint density at radius 1 is 1.41 bits per heavy atom. The normalized spacial score (nSPS) is 11.9. The lowest BCUT2D eigenvalue weighted by Gasteiger charge is -2.08. The molecule has 0 N–H and O–H groups in total. The molecule has 0 fully saturated rings. The Morgan fingerprint density at radius 2 is 2.12 bits per heavy atom. The summed E-state index contributed by atoms with van der Waals surface area (Å²) in [5.74, 6) is -0.248. The van der Waals surface area contributed by atoms with Gasteiger partial charge >= 0.3 is 0 Å². The second-order valence-corrected chi connectivity index (χ2v) is 5.09. The Kier molecular flexibility index (Phi) is 5.25. The van der Waals surface area contributed by atoms with Crippen molar-refractivity contribution >= 4 is 29.0 Å². The maximum Gasteiger partial charge on any atom is 0.167 e. The monoisotopic (exact) mass is 251 g/mol. The van der Waals surface area contributed by atoms with E-state index < -0.39 is 0 Å². The highest BCUT2D eigenvalue weighted by Gasteiger charge is 2.14. The van der Waals surface area contributed by atoms with Crippen molar-refractivity contribution in [3.63, 3.8) is 0 Å². The molecule has 1 rings (SSSR count). The van der Waals surface area contributed by atoms with Gasteiger partial charge < -0.3 is 4.90 Å². The molecule has 92 valence electrons. The summed E-state index contributed by atoms with van der Waals surface area (Å²) >= 11 is 1.52. The molecule has 3 nitrogen and oxygen atoms in total. The van der Waals surface area contributed by atoms with Gasteiger partial charge in [0.1, 0.15) is 0 Å². The van der Waals surface area contributed by atoms with Crippen molar-refractivity contribution < 1.29 is 9.59 Å². The summed E-state index contributed by atoms with van der Waals surface area (Å²) in [6.07, 6.45) is 2.06. The van der Waals surface area contributed by atoms with E-state index in [9.17, 15) is 9.59 Å². The van der Waals surface area contributed by atoms with Gasteiger partial charge in [0.05, 0.1) is 5.57 Å². The van der Waals surface area contributed by atoms with Gasteiger partial charge in [-0.25, -0.2) is 0 Å². The summed E-state index contributed by atoms with van der Waals surface area (Å²) in [4.78, 5) is 26.2. The van der Waals surface area contributed by atoms with Crippen molar-refractivity contribution in [2.24, 2.45) is 0 Å². The molecule has 0 aliphatic carbocycles. The number of thiophene rings is 1. The van der Waals surface area contributed by atoms with Gasteiger partial charge in [-0.3, -0.25) is 9.59 Å². The van der Waals surface area contributed by atoms with E-state index in [1.54, 1.807) is 6.08 Å².